The van der Waals surface area contributed by atoms with Crippen molar-refractivity contribution in [3.05, 3.63) is 29.3 Å². The van der Waals surface area contributed by atoms with Crippen LogP contribution < -0.4 is 4.72 Å². The summed E-state index contributed by atoms with van der Waals surface area (Å²) in [6.45, 7) is 2.20. The Morgan fingerprint density at radius 3 is 2.63 bits per heavy atom. The van der Waals surface area contributed by atoms with Crippen LogP contribution in [0.5, 0.6) is 0 Å². The summed E-state index contributed by atoms with van der Waals surface area (Å²) in [6.07, 6.45) is 0.500. The number of carboxylic acid groups (broad SMARTS) is 1. The highest BCUT2D eigenvalue weighted by Gasteiger charge is 2.19. The highest BCUT2D eigenvalue weighted by Crippen LogP contribution is 2.18. The first kappa shape index (κ1) is 15.6. The molecular weight excluding hydrogens is 270 g/mol. The molecule has 0 spiro atoms. The Morgan fingerprint density at radius 2 is 2.11 bits per heavy atom. The first-order valence-corrected chi connectivity index (χ1v) is 7.25. The molecule has 7 heteroatoms. The number of carbonyl (C=O) groups is 1. The molecule has 1 aromatic rings. The second kappa shape index (κ2) is 6.65. The zero-order valence-corrected chi connectivity index (χ0v) is 11.7. The van der Waals surface area contributed by atoms with Crippen LogP contribution in [0.3, 0.4) is 0 Å². The lowest BCUT2D eigenvalue weighted by molar-refractivity contribution is 0.0696. The van der Waals surface area contributed by atoms with E-state index in [-0.39, 0.29) is 23.6 Å². The third-order valence-electron chi connectivity index (χ3n) is 2.58. The van der Waals surface area contributed by atoms with Crippen molar-refractivity contribution in [2.45, 2.75) is 18.2 Å². The maximum atomic E-state index is 12.1. The van der Waals surface area contributed by atoms with Gasteiger partial charge in [-0.15, -0.1) is 0 Å². The van der Waals surface area contributed by atoms with Crippen molar-refractivity contribution in [2.75, 3.05) is 20.3 Å². The number of ether oxygens (including phenoxy) is 1. The molecule has 0 saturated heterocycles. The van der Waals surface area contributed by atoms with Crippen LogP contribution in [0.1, 0.15) is 22.8 Å². The summed E-state index contributed by atoms with van der Waals surface area (Å²) in [6, 6.07) is 4.10. The predicted molar refractivity (Wildman–Crippen MR) is 69.8 cm³/mol. The number of hydrogen-bond acceptors (Lipinski definition) is 4. The summed E-state index contributed by atoms with van der Waals surface area (Å²) in [5, 5.41) is 8.92. The van der Waals surface area contributed by atoms with E-state index in [9.17, 15) is 13.2 Å². The minimum atomic E-state index is -3.72. The van der Waals surface area contributed by atoms with Crippen LogP contribution >= 0.6 is 0 Å². The topological polar surface area (TPSA) is 92.7 Å². The molecule has 0 aliphatic rings. The molecule has 106 valence electrons. The van der Waals surface area contributed by atoms with Crippen LogP contribution in [0.4, 0.5) is 0 Å². The highest BCUT2D eigenvalue weighted by molar-refractivity contribution is 7.89. The van der Waals surface area contributed by atoms with Gasteiger partial charge in [-0.25, -0.2) is 17.9 Å². The van der Waals surface area contributed by atoms with E-state index in [1.165, 1.54) is 25.3 Å². The number of methoxy groups -OCH3 is 1. The summed E-state index contributed by atoms with van der Waals surface area (Å²) in [5.41, 5.74) is 0.527. The van der Waals surface area contributed by atoms with Crippen LogP contribution in [-0.2, 0) is 21.2 Å². The van der Waals surface area contributed by atoms with Gasteiger partial charge in [-0.3, -0.25) is 0 Å². The zero-order chi connectivity index (χ0) is 14.5. The molecule has 1 rings (SSSR count). The standard InChI is InChI=1S/C12H17NO5S/c1-3-9-4-5-10(12(14)15)8-11(9)19(16,17)13-6-7-18-2/h4-5,8,13H,3,6-7H2,1-2H3,(H,14,15). The molecule has 0 atom stereocenters. The van der Waals surface area contributed by atoms with Crippen LogP contribution in [0.15, 0.2) is 23.1 Å². The van der Waals surface area contributed by atoms with E-state index in [4.69, 9.17) is 9.84 Å². The number of benzene rings is 1. The van der Waals surface area contributed by atoms with Gasteiger partial charge in [-0.05, 0) is 24.1 Å². The molecule has 0 bridgehead atoms. The Kier molecular flexibility index (Phi) is 5.46. The lowest BCUT2D eigenvalue weighted by Crippen LogP contribution is -2.28. The molecule has 0 heterocycles. The number of rotatable bonds is 7. The van der Waals surface area contributed by atoms with Crippen molar-refractivity contribution >= 4 is 16.0 Å². The predicted octanol–water partition coefficient (Wildman–Crippen LogP) is 0.872. The molecule has 0 amide bonds. The van der Waals surface area contributed by atoms with Crippen molar-refractivity contribution in [3.63, 3.8) is 0 Å². The van der Waals surface area contributed by atoms with Gasteiger partial charge in [0.05, 0.1) is 17.1 Å². The van der Waals surface area contributed by atoms with E-state index in [2.05, 4.69) is 4.72 Å². The average Bonchev–Trinajstić information content (AvgIpc) is 2.38. The summed E-state index contributed by atoms with van der Waals surface area (Å²) >= 11 is 0. The lowest BCUT2D eigenvalue weighted by atomic mass is 10.1. The molecular formula is C12H17NO5S. The van der Waals surface area contributed by atoms with Crippen LogP contribution in [0.25, 0.3) is 0 Å². The normalized spacial score (nSPS) is 11.5. The Morgan fingerprint density at radius 1 is 1.42 bits per heavy atom. The van der Waals surface area contributed by atoms with Gasteiger partial charge in [0.2, 0.25) is 10.0 Å². The fourth-order valence-corrected chi connectivity index (χ4v) is 2.93. The Bertz CT molecular complexity index is 553. The van der Waals surface area contributed by atoms with E-state index < -0.39 is 16.0 Å². The fraction of sp³-hybridized carbons (Fsp3) is 0.417. The Balaban J connectivity index is 3.15. The van der Waals surface area contributed by atoms with Crippen LogP contribution in [0.2, 0.25) is 0 Å². The average molecular weight is 287 g/mol. The molecule has 0 fully saturated rings. The van der Waals surface area contributed by atoms with Crippen LogP contribution in [-0.4, -0.2) is 39.8 Å². The smallest absolute Gasteiger partial charge is 0.335 e. The fourth-order valence-electron chi connectivity index (χ4n) is 1.59. The van der Waals surface area contributed by atoms with Gasteiger partial charge >= 0.3 is 5.97 Å². The summed E-state index contributed by atoms with van der Waals surface area (Å²) in [5.74, 6) is -1.16. The van der Waals surface area contributed by atoms with E-state index in [0.29, 0.717) is 12.0 Å². The number of aryl methyl sites for hydroxylation is 1. The number of nitrogens with one attached hydrogen (secondary N) is 1. The highest BCUT2D eigenvalue weighted by atomic mass is 32.2. The molecule has 0 saturated carbocycles. The second-order valence-electron chi connectivity index (χ2n) is 3.87. The number of aromatic carboxylic acids is 1. The third-order valence-corrected chi connectivity index (χ3v) is 4.13. The Hall–Kier alpha value is -1.44. The molecule has 2 N–H and O–H groups in total. The van der Waals surface area contributed by atoms with Crippen molar-refractivity contribution < 1.29 is 23.1 Å². The van der Waals surface area contributed by atoms with Crippen molar-refractivity contribution in [3.8, 4) is 0 Å². The van der Waals surface area contributed by atoms with Gasteiger partial charge in [-0.2, -0.15) is 0 Å². The van der Waals surface area contributed by atoms with Crippen LogP contribution in [0, 0.1) is 0 Å². The minimum Gasteiger partial charge on any atom is -0.478 e. The quantitative estimate of drug-likeness (QED) is 0.726. The lowest BCUT2D eigenvalue weighted by Gasteiger charge is -2.11. The monoisotopic (exact) mass is 287 g/mol. The molecule has 0 radical (unpaired) electrons. The van der Waals surface area contributed by atoms with Gasteiger partial charge in [0.1, 0.15) is 0 Å². The molecule has 0 aromatic heterocycles. The van der Waals surface area contributed by atoms with E-state index in [1.807, 2.05) is 6.92 Å². The minimum absolute atomic E-state index is 0.00556. The van der Waals surface area contributed by atoms with E-state index >= 15 is 0 Å². The number of carboxylic acids is 1. The molecule has 0 unspecified atom stereocenters. The first-order chi connectivity index (χ1) is 8.92. The second-order valence-corrected chi connectivity index (χ2v) is 5.61. The third kappa shape index (κ3) is 4.02. The first-order valence-electron chi connectivity index (χ1n) is 5.77. The summed E-state index contributed by atoms with van der Waals surface area (Å²) < 4.78 is 31.3. The van der Waals surface area contributed by atoms with E-state index in [1.54, 1.807) is 0 Å². The van der Waals surface area contributed by atoms with Crippen molar-refractivity contribution in [1.82, 2.24) is 4.72 Å². The van der Waals surface area contributed by atoms with Gasteiger partial charge in [-0.1, -0.05) is 13.0 Å². The number of hydrogen-bond donors (Lipinski definition) is 2. The molecule has 19 heavy (non-hydrogen) atoms. The van der Waals surface area contributed by atoms with Gasteiger partial charge in [0.15, 0.2) is 0 Å². The van der Waals surface area contributed by atoms with E-state index in [0.717, 1.165) is 0 Å². The van der Waals surface area contributed by atoms with Gasteiger partial charge < -0.3 is 9.84 Å². The zero-order valence-electron chi connectivity index (χ0n) is 10.8. The van der Waals surface area contributed by atoms with Gasteiger partial charge in [0.25, 0.3) is 0 Å². The van der Waals surface area contributed by atoms with Crippen molar-refractivity contribution in [2.24, 2.45) is 0 Å². The SMILES string of the molecule is CCc1ccc(C(=O)O)cc1S(=O)(=O)NCCOC. The van der Waals surface area contributed by atoms with Gasteiger partial charge in [0, 0.05) is 13.7 Å². The molecule has 6 nitrogen and oxygen atoms in total. The molecule has 0 aliphatic heterocycles. The molecule has 0 aliphatic carbocycles. The summed E-state index contributed by atoms with van der Waals surface area (Å²) in [4.78, 5) is 10.9. The number of sulfonamides is 1. The largest absolute Gasteiger partial charge is 0.478 e. The molecule has 1 aromatic carbocycles. The maximum absolute atomic E-state index is 12.1. The maximum Gasteiger partial charge on any atom is 0.335 e. The Labute approximate surface area is 112 Å². The van der Waals surface area contributed by atoms with Crippen molar-refractivity contribution in [1.29, 1.82) is 0 Å². The summed E-state index contributed by atoms with van der Waals surface area (Å²) in [7, 11) is -2.26.